The number of hydrogen-bond donors (Lipinski definition) is 1. The van der Waals surface area contributed by atoms with Gasteiger partial charge in [-0.15, -0.1) is 11.3 Å². The fourth-order valence-corrected chi connectivity index (χ4v) is 2.50. The average Bonchev–Trinajstić information content (AvgIpc) is 2.54. The molecule has 0 radical (unpaired) electrons. The first-order chi connectivity index (χ1) is 7.83. The number of carbonyl (C=O) groups excluding carboxylic acids is 1. The molecule has 1 N–H and O–H groups in total. The lowest BCUT2D eigenvalue weighted by Gasteiger charge is -2.19. The summed E-state index contributed by atoms with van der Waals surface area (Å²) in [6.07, 6.45) is 3.26. The number of carbonyl (C=O) groups is 1. The number of thiazole rings is 1. The Hall–Kier alpha value is -0.900. The molecule has 0 spiro atoms. The molecule has 3 nitrogen and oxygen atoms in total. The predicted octanol–water partition coefficient (Wildman–Crippen LogP) is 3.32. The van der Waals surface area contributed by atoms with Gasteiger partial charge in [-0.05, 0) is 40.5 Å². The van der Waals surface area contributed by atoms with Crippen LogP contribution in [0.1, 0.15) is 60.9 Å². The third-order valence-electron chi connectivity index (χ3n) is 2.28. The van der Waals surface area contributed by atoms with Crippen LogP contribution in [0.15, 0.2) is 0 Å². The minimum Gasteiger partial charge on any atom is -0.347 e. The molecule has 1 aromatic heterocycles. The molecule has 0 atom stereocenters. The summed E-state index contributed by atoms with van der Waals surface area (Å²) in [6.45, 7) is 10.0. The zero-order valence-electron chi connectivity index (χ0n) is 11.4. The average molecular weight is 254 g/mol. The zero-order valence-corrected chi connectivity index (χ0v) is 12.2. The van der Waals surface area contributed by atoms with Crippen LogP contribution in [0.3, 0.4) is 0 Å². The Morgan fingerprint density at radius 2 is 2.06 bits per heavy atom. The number of aromatic nitrogens is 1. The van der Waals surface area contributed by atoms with Crippen LogP contribution < -0.4 is 5.32 Å². The Bertz CT molecular complexity index is 391. The van der Waals surface area contributed by atoms with Crippen molar-refractivity contribution in [2.45, 2.75) is 59.4 Å². The molecule has 0 saturated heterocycles. The number of aryl methyl sites for hydroxylation is 2. The van der Waals surface area contributed by atoms with Gasteiger partial charge in [0.15, 0.2) is 0 Å². The number of rotatable bonds is 4. The molecule has 0 aromatic carbocycles. The van der Waals surface area contributed by atoms with Crippen LogP contribution in [0.5, 0.6) is 0 Å². The number of unbranched alkanes of at least 4 members (excludes halogenated alkanes) is 1. The van der Waals surface area contributed by atoms with Gasteiger partial charge in [0.25, 0.3) is 5.91 Å². The summed E-state index contributed by atoms with van der Waals surface area (Å²) >= 11 is 1.53. The molecule has 1 heterocycles. The zero-order chi connectivity index (χ0) is 13.1. The molecule has 17 heavy (non-hydrogen) atoms. The molecule has 0 fully saturated rings. The lowest BCUT2D eigenvalue weighted by molar-refractivity contribution is 0.0923. The maximum Gasteiger partial charge on any atom is 0.263 e. The topological polar surface area (TPSA) is 42.0 Å². The Morgan fingerprint density at radius 3 is 2.59 bits per heavy atom. The van der Waals surface area contributed by atoms with E-state index in [0.717, 1.165) is 34.8 Å². The second-order valence-corrected chi connectivity index (χ2v) is 6.41. The van der Waals surface area contributed by atoms with E-state index in [-0.39, 0.29) is 11.4 Å². The van der Waals surface area contributed by atoms with Crippen LogP contribution in [-0.4, -0.2) is 16.4 Å². The summed E-state index contributed by atoms with van der Waals surface area (Å²) < 4.78 is 0. The Labute approximate surface area is 108 Å². The van der Waals surface area contributed by atoms with E-state index >= 15 is 0 Å². The number of hydrogen-bond acceptors (Lipinski definition) is 3. The van der Waals surface area contributed by atoms with Gasteiger partial charge in [0, 0.05) is 5.54 Å². The van der Waals surface area contributed by atoms with Crippen molar-refractivity contribution in [3.8, 4) is 0 Å². The molecule has 1 amide bonds. The largest absolute Gasteiger partial charge is 0.347 e. The quantitative estimate of drug-likeness (QED) is 0.895. The van der Waals surface area contributed by atoms with Crippen LogP contribution in [0.25, 0.3) is 0 Å². The highest BCUT2D eigenvalue weighted by Gasteiger charge is 2.19. The minimum atomic E-state index is -0.197. The normalized spacial score (nSPS) is 11.6. The SMILES string of the molecule is CCCCc1nc(C)c(C(=O)NC(C)(C)C)s1. The van der Waals surface area contributed by atoms with Crippen molar-refractivity contribution in [2.24, 2.45) is 0 Å². The summed E-state index contributed by atoms with van der Waals surface area (Å²) in [4.78, 5) is 17.2. The van der Waals surface area contributed by atoms with Crippen LogP contribution in [-0.2, 0) is 6.42 Å². The van der Waals surface area contributed by atoms with E-state index in [1.165, 1.54) is 11.3 Å². The minimum absolute atomic E-state index is 0.00440. The molecule has 0 saturated carbocycles. The van der Waals surface area contributed by atoms with Crippen molar-refractivity contribution in [1.82, 2.24) is 10.3 Å². The second kappa shape index (κ2) is 5.63. The maximum atomic E-state index is 12.0. The van der Waals surface area contributed by atoms with Crippen LogP contribution >= 0.6 is 11.3 Å². The molecular formula is C13H22N2OS. The van der Waals surface area contributed by atoms with E-state index in [2.05, 4.69) is 17.2 Å². The van der Waals surface area contributed by atoms with Crippen molar-refractivity contribution in [3.05, 3.63) is 15.6 Å². The van der Waals surface area contributed by atoms with Gasteiger partial charge in [0.2, 0.25) is 0 Å². The molecule has 0 aliphatic rings. The second-order valence-electron chi connectivity index (χ2n) is 5.33. The lowest BCUT2D eigenvalue weighted by atomic mass is 10.1. The van der Waals surface area contributed by atoms with Crippen molar-refractivity contribution >= 4 is 17.2 Å². The van der Waals surface area contributed by atoms with Crippen LogP contribution in [0.4, 0.5) is 0 Å². The maximum absolute atomic E-state index is 12.0. The summed E-state index contributed by atoms with van der Waals surface area (Å²) in [5, 5.41) is 4.05. The van der Waals surface area contributed by atoms with Crippen molar-refractivity contribution in [2.75, 3.05) is 0 Å². The molecule has 1 rings (SSSR count). The highest BCUT2D eigenvalue weighted by Crippen LogP contribution is 2.20. The summed E-state index contributed by atoms with van der Waals surface area (Å²) in [6, 6.07) is 0. The fourth-order valence-electron chi connectivity index (χ4n) is 1.50. The van der Waals surface area contributed by atoms with E-state index in [9.17, 15) is 4.79 Å². The number of amides is 1. The van der Waals surface area contributed by atoms with E-state index in [1.807, 2.05) is 27.7 Å². The van der Waals surface area contributed by atoms with Gasteiger partial charge in [-0.1, -0.05) is 13.3 Å². The van der Waals surface area contributed by atoms with Crippen molar-refractivity contribution < 1.29 is 4.79 Å². The Morgan fingerprint density at radius 1 is 1.41 bits per heavy atom. The van der Waals surface area contributed by atoms with Gasteiger partial charge in [-0.2, -0.15) is 0 Å². The van der Waals surface area contributed by atoms with E-state index in [4.69, 9.17) is 0 Å². The Balaban J connectivity index is 2.77. The van der Waals surface area contributed by atoms with Crippen molar-refractivity contribution in [3.63, 3.8) is 0 Å². The van der Waals surface area contributed by atoms with Crippen LogP contribution in [0, 0.1) is 6.92 Å². The molecular weight excluding hydrogens is 232 g/mol. The first-order valence-corrected chi connectivity index (χ1v) is 6.94. The molecule has 0 bridgehead atoms. The highest BCUT2D eigenvalue weighted by molar-refractivity contribution is 7.13. The smallest absolute Gasteiger partial charge is 0.263 e. The van der Waals surface area contributed by atoms with Gasteiger partial charge < -0.3 is 5.32 Å². The molecule has 4 heteroatoms. The van der Waals surface area contributed by atoms with Crippen LogP contribution in [0.2, 0.25) is 0 Å². The van der Waals surface area contributed by atoms with Crippen molar-refractivity contribution in [1.29, 1.82) is 0 Å². The Kier molecular flexibility index (Phi) is 4.69. The van der Waals surface area contributed by atoms with E-state index < -0.39 is 0 Å². The molecule has 0 unspecified atom stereocenters. The summed E-state index contributed by atoms with van der Waals surface area (Å²) in [5.74, 6) is -0.00440. The van der Waals surface area contributed by atoms with E-state index in [1.54, 1.807) is 0 Å². The standard InChI is InChI=1S/C13H22N2OS/c1-6-7-8-10-14-9(2)11(17-10)12(16)15-13(3,4)5/h6-8H2,1-5H3,(H,15,16). The third kappa shape index (κ3) is 4.46. The first kappa shape index (κ1) is 14.2. The summed E-state index contributed by atoms with van der Waals surface area (Å²) in [7, 11) is 0. The number of nitrogens with zero attached hydrogens (tertiary/aromatic N) is 1. The lowest BCUT2D eigenvalue weighted by Crippen LogP contribution is -2.40. The highest BCUT2D eigenvalue weighted by atomic mass is 32.1. The van der Waals surface area contributed by atoms with Gasteiger partial charge in [-0.25, -0.2) is 4.98 Å². The predicted molar refractivity (Wildman–Crippen MR) is 72.7 cm³/mol. The van der Waals surface area contributed by atoms with Gasteiger partial charge in [0.05, 0.1) is 10.7 Å². The van der Waals surface area contributed by atoms with Gasteiger partial charge in [0.1, 0.15) is 4.88 Å². The monoisotopic (exact) mass is 254 g/mol. The first-order valence-electron chi connectivity index (χ1n) is 6.12. The fraction of sp³-hybridized carbons (Fsp3) is 0.692. The molecule has 0 aliphatic carbocycles. The summed E-state index contributed by atoms with van der Waals surface area (Å²) in [5.41, 5.74) is 0.653. The van der Waals surface area contributed by atoms with E-state index in [0.29, 0.717) is 0 Å². The van der Waals surface area contributed by atoms with Gasteiger partial charge in [-0.3, -0.25) is 4.79 Å². The molecule has 0 aliphatic heterocycles. The third-order valence-corrected chi connectivity index (χ3v) is 3.50. The number of nitrogens with one attached hydrogen (secondary N) is 1. The van der Waals surface area contributed by atoms with Gasteiger partial charge >= 0.3 is 0 Å². The molecule has 96 valence electrons. The molecule has 1 aromatic rings.